The van der Waals surface area contributed by atoms with Crippen molar-refractivity contribution in [3.05, 3.63) is 52.5 Å². The Morgan fingerprint density at radius 1 is 1.12 bits per heavy atom. The SMILES string of the molecule is CCN(CC)c1ccc(/C=N\NC(=O)CN2CCN(S(=O)(=O)c3ccc(Br)cc3)CC2)c(O)c1. The largest absolute Gasteiger partial charge is 0.507 e. The molecule has 184 valence electrons. The summed E-state index contributed by atoms with van der Waals surface area (Å²) < 4.78 is 27.8. The lowest BCUT2D eigenvalue weighted by Gasteiger charge is -2.33. The van der Waals surface area contributed by atoms with Crippen molar-refractivity contribution < 1.29 is 18.3 Å². The second kappa shape index (κ2) is 11.8. The fourth-order valence-electron chi connectivity index (χ4n) is 3.72. The van der Waals surface area contributed by atoms with Crippen molar-refractivity contribution in [3.63, 3.8) is 0 Å². The molecule has 0 spiro atoms. The molecule has 1 fully saturated rings. The predicted molar refractivity (Wildman–Crippen MR) is 137 cm³/mol. The first-order valence-corrected chi connectivity index (χ1v) is 13.4. The van der Waals surface area contributed by atoms with Gasteiger partial charge in [-0.25, -0.2) is 13.8 Å². The van der Waals surface area contributed by atoms with E-state index in [0.717, 1.165) is 23.2 Å². The number of hydrogen-bond donors (Lipinski definition) is 2. The van der Waals surface area contributed by atoms with Gasteiger partial charge in [-0.15, -0.1) is 0 Å². The molecule has 9 nitrogen and oxygen atoms in total. The van der Waals surface area contributed by atoms with E-state index in [2.05, 4.69) is 31.4 Å². The average molecular weight is 552 g/mol. The van der Waals surface area contributed by atoms with Crippen LogP contribution in [0, 0.1) is 0 Å². The summed E-state index contributed by atoms with van der Waals surface area (Å²) in [5.74, 6) is -0.217. The van der Waals surface area contributed by atoms with Crippen LogP contribution in [0.2, 0.25) is 0 Å². The molecule has 2 N–H and O–H groups in total. The van der Waals surface area contributed by atoms with Crippen molar-refractivity contribution in [3.8, 4) is 5.75 Å². The molecule has 0 bridgehead atoms. The standard InChI is InChI=1S/C23H30BrN5O4S/c1-3-28(4-2)20-8-5-18(22(30)15-20)16-25-26-23(31)17-27-11-13-29(14-12-27)34(32,33)21-9-6-19(24)7-10-21/h5-10,15-16,30H,3-4,11-14,17H2,1-2H3,(H,26,31)/b25-16-. The predicted octanol–water partition coefficient (Wildman–Crippen LogP) is 2.46. The number of anilines is 1. The Morgan fingerprint density at radius 2 is 1.76 bits per heavy atom. The molecule has 2 aromatic rings. The van der Waals surface area contributed by atoms with E-state index in [9.17, 15) is 18.3 Å². The molecule has 0 aromatic heterocycles. The first-order valence-electron chi connectivity index (χ1n) is 11.1. The number of phenols is 1. The van der Waals surface area contributed by atoms with E-state index < -0.39 is 10.0 Å². The van der Waals surface area contributed by atoms with Crippen LogP contribution >= 0.6 is 15.9 Å². The molecule has 2 aromatic carbocycles. The lowest BCUT2D eigenvalue weighted by atomic mass is 10.2. The molecule has 34 heavy (non-hydrogen) atoms. The number of nitrogens with zero attached hydrogens (tertiary/aromatic N) is 4. The fraction of sp³-hybridized carbons (Fsp3) is 0.391. The van der Waals surface area contributed by atoms with Crippen molar-refractivity contribution in [1.82, 2.24) is 14.6 Å². The average Bonchev–Trinajstić information content (AvgIpc) is 2.82. The van der Waals surface area contributed by atoms with Crippen LogP contribution in [0.1, 0.15) is 19.4 Å². The van der Waals surface area contributed by atoms with Crippen LogP contribution in [0.3, 0.4) is 0 Å². The van der Waals surface area contributed by atoms with E-state index in [4.69, 9.17) is 0 Å². The van der Waals surface area contributed by atoms with Crippen LogP contribution in [-0.2, 0) is 14.8 Å². The van der Waals surface area contributed by atoms with E-state index in [1.165, 1.54) is 10.5 Å². The van der Waals surface area contributed by atoms with Gasteiger partial charge in [-0.2, -0.15) is 9.41 Å². The maximum absolute atomic E-state index is 12.8. The van der Waals surface area contributed by atoms with Gasteiger partial charge in [-0.05, 0) is 50.2 Å². The van der Waals surface area contributed by atoms with Gasteiger partial charge in [0.1, 0.15) is 5.75 Å². The number of phenolic OH excluding ortho intramolecular Hbond substituents is 1. The quantitative estimate of drug-likeness (QED) is 0.366. The Labute approximate surface area is 209 Å². The minimum Gasteiger partial charge on any atom is -0.507 e. The van der Waals surface area contributed by atoms with Crippen LogP contribution in [0.25, 0.3) is 0 Å². The first-order chi connectivity index (χ1) is 16.2. The number of hydrogen-bond acceptors (Lipinski definition) is 7. The monoisotopic (exact) mass is 551 g/mol. The van der Waals surface area contributed by atoms with Gasteiger partial charge >= 0.3 is 0 Å². The molecule has 11 heteroatoms. The number of hydrazone groups is 1. The molecular formula is C23H30BrN5O4S. The zero-order valence-corrected chi connectivity index (χ0v) is 21.7. The molecular weight excluding hydrogens is 522 g/mol. The number of sulfonamides is 1. The third-order valence-corrected chi connectivity index (χ3v) is 8.13. The smallest absolute Gasteiger partial charge is 0.254 e. The number of halogens is 1. The van der Waals surface area contributed by atoms with Gasteiger partial charge in [-0.3, -0.25) is 9.69 Å². The molecule has 1 amide bonds. The molecule has 0 unspecified atom stereocenters. The zero-order chi connectivity index (χ0) is 24.7. The highest BCUT2D eigenvalue weighted by molar-refractivity contribution is 9.10. The number of carbonyl (C=O) groups is 1. The first kappa shape index (κ1) is 26.1. The lowest BCUT2D eigenvalue weighted by molar-refractivity contribution is -0.122. The zero-order valence-electron chi connectivity index (χ0n) is 19.3. The van der Waals surface area contributed by atoms with E-state index >= 15 is 0 Å². The molecule has 0 saturated carbocycles. The van der Waals surface area contributed by atoms with Crippen LogP contribution in [0.5, 0.6) is 5.75 Å². The Morgan fingerprint density at radius 3 is 2.35 bits per heavy atom. The van der Waals surface area contributed by atoms with E-state index in [1.807, 2.05) is 24.8 Å². The van der Waals surface area contributed by atoms with Crippen LogP contribution < -0.4 is 10.3 Å². The Bertz CT molecular complexity index is 1110. The Hall–Kier alpha value is -2.47. The highest BCUT2D eigenvalue weighted by Gasteiger charge is 2.29. The lowest BCUT2D eigenvalue weighted by Crippen LogP contribution is -2.50. The van der Waals surface area contributed by atoms with Gasteiger partial charge in [0.15, 0.2) is 0 Å². The van der Waals surface area contributed by atoms with Gasteiger partial charge < -0.3 is 10.0 Å². The highest BCUT2D eigenvalue weighted by atomic mass is 79.9. The summed E-state index contributed by atoms with van der Waals surface area (Å²) in [6, 6.07) is 11.9. The second-order valence-corrected chi connectivity index (χ2v) is 10.7. The fourth-order valence-corrected chi connectivity index (χ4v) is 5.41. The molecule has 1 aliphatic heterocycles. The molecule has 1 aliphatic rings. The van der Waals surface area contributed by atoms with Crippen molar-refractivity contribution in [2.45, 2.75) is 18.7 Å². The van der Waals surface area contributed by atoms with E-state index in [0.29, 0.717) is 31.7 Å². The van der Waals surface area contributed by atoms with Gasteiger partial charge in [0.25, 0.3) is 5.91 Å². The van der Waals surface area contributed by atoms with Gasteiger partial charge in [-0.1, -0.05) is 15.9 Å². The number of amides is 1. The maximum Gasteiger partial charge on any atom is 0.254 e. The van der Waals surface area contributed by atoms with Crippen molar-refractivity contribution in [2.75, 3.05) is 50.7 Å². The van der Waals surface area contributed by atoms with Gasteiger partial charge in [0.2, 0.25) is 10.0 Å². The van der Waals surface area contributed by atoms with Crippen molar-refractivity contribution >= 4 is 43.8 Å². The second-order valence-electron chi connectivity index (χ2n) is 7.84. The number of piperazine rings is 1. The minimum atomic E-state index is -3.56. The molecule has 3 rings (SSSR count). The summed E-state index contributed by atoms with van der Waals surface area (Å²) in [7, 11) is -3.56. The Balaban J connectivity index is 1.48. The molecule has 0 aliphatic carbocycles. The summed E-state index contributed by atoms with van der Waals surface area (Å²) in [4.78, 5) is 16.5. The highest BCUT2D eigenvalue weighted by Crippen LogP contribution is 2.23. The number of aromatic hydroxyl groups is 1. The molecule has 1 saturated heterocycles. The van der Waals surface area contributed by atoms with Crippen molar-refractivity contribution in [2.24, 2.45) is 5.10 Å². The molecule has 0 atom stereocenters. The maximum atomic E-state index is 12.8. The summed E-state index contributed by atoms with van der Waals surface area (Å²) >= 11 is 3.31. The van der Waals surface area contributed by atoms with Crippen LogP contribution in [0.4, 0.5) is 5.69 Å². The normalized spacial score (nSPS) is 15.5. The molecule has 0 radical (unpaired) electrons. The third-order valence-electron chi connectivity index (χ3n) is 5.69. The Kier molecular flexibility index (Phi) is 9.06. The number of carbonyl (C=O) groups excluding carboxylic acids is 1. The summed E-state index contributed by atoms with van der Waals surface area (Å²) in [5.41, 5.74) is 3.89. The van der Waals surface area contributed by atoms with Crippen molar-refractivity contribution in [1.29, 1.82) is 0 Å². The van der Waals surface area contributed by atoms with Gasteiger partial charge in [0.05, 0.1) is 17.7 Å². The minimum absolute atomic E-state index is 0.0884. The summed E-state index contributed by atoms with van der Waals surface area (Å²) in [5, 5.41) is 14.2. The van der Waals surface area contributed by atoms with Crippen LogP contribution in [0.15, 0.2) is 56.9 Å². The molecule has 1 heterocycles. The number of rotatable bonds is 9. The van der Waals surface area contributed by atoms with E-state index in [-0.39, 0.29) is 23.1 Å². The number of benzene rings is 2. The summed E-state index contributed by atoms with van der Waals surface area (Å²) in [6.07, 6.45) is 1.40. The van der Waals surface area contributed by atoms with E-state index in [1.54, 1.807) is 36.4 Å². The van der Waals surface area contributed by atoms with Crippen LogP contribution in [-0.4, -0.2) is 80.7 Å². The van der Waals surface area contributed by atoms with Gasteiger partial charge in [0, 0.05) is 61.1 Å². The summed E-state index contributed by atoms with van der Waals surface area (Å²) in [6.45, 7) is 7.38. The topological polar surface area (TPSA) is 106 Å². The third kappa shape index (κ3) is 6.56. The number of nitrogens with one attached hydrogen (secondary N) is 1.